The molecule has 1 aromatic rings. The topological polar surface area (TPSA) is 29.1 Å². The van der Waals surface area contributed by atoms with Crippen LogP contribution < -0.4 is 5.32 Å². The molecule has 74 valence electrons. The Balaban J connectivity index is 2.61. The lowest BCUT2D eigenvalue weighted by Gasteiger charge is -2.31. The molecule has 0 bridgehead atoms. The molecule has 1 aliphatic heterocycles. The minimum atomic E-state index is -0.371. The SMILES string of the molecule is CC1(C)C(=O)CNc2ccc(Br)cc21. The molecule has 0 atom stereocenters. The Morgan fingerprint density at radius 3 is 2.86 bits per heavy atom. The fourth-order valence-electron chi connectivity index (χ4n) is 1.73. The van der Waals surface area contributed by atoms with Crippen LogP contribution in [0.5, 0.6) is 0 Å². The van der Waals surface area contributed by atoms with Crippen molar-refractivity contribution >= 4 is 27.4 Å². The molecule has 14 heavy (non-hydrogen) atoms. The zero-order valence-electron chi connectivity index (χ0n) is 8.23. The Morgan fingerprint density at radius 2 is 2.14 bits per heavy atom. The van der Waals surface area contributed by atoms with E-state index < -0.39 is 0 Å². The Morgan fingerprint density at radius 1 is 1.43 bits per heavy atom. The van der Waals surface area contributed by atoms with E-state index in [2.05, 4.69) is 21.2 Å². The lowest BCUT2D eigenvalue weighted by molar-refractivity contribution is -0.122. The number of carbonyl (C=O) groups excluding carboxylic acids is 1. The molecule has 2 nitrogen and oxygen atoms in total. The Hall–Kier alpha value is -0.830. The summed E-state index contributed by atoms with van der Waals surface area (Å²) >= 11 is 3.42. The molecule has 1 aliphatic rings. The molecule has 0 saturated heterocycles. The van der Waals surface area contributed by atoms with Crippen molar-refractivity contribution < 1.29 is 4.79 Å². The van der Waals surface area contributed by atoms with E-state index in [1.807, 2.05) is 32.0 Å². The van der Waals surface area contributed by atoms with Crippen molar-refractivity contribution in [3.8, 4) is 0 Å². The van der Waals surface area contributed by atoms with Crippen LogP contribution in [0.1, 0.15) is 19.4 Å². The predicted molar refractivity (Wildman–Crippen MR) is 60.7 cm³/mol. The normalized spacial score (nSPS) is 18.6. The summed E-state index contributed by atoms with van der Waals surface area (Å²) in [7, 11) is 0. The minimum Gasteiger partial charge on any atom is -0.378 e. The maximum atomic E-state index is 11.7. The Labute approximate surface area is 91.8 Å². The molecule has 1 heterocycles. The van der Waals surface area contributed by atoms with Crippen molar-refractivity contribution in [1.82, 2.24) is 0 Å². The fourth-order valence-corrected chi connectivity index (χ4v) is 2.10. The third-order valence-corrected chi connectivity index (χ3v) is 3.28. The fraction of sp³-hybridized carbons (Fsp3) is 0.364. The average molecular weight is 254 g/mol. The van der Waals surface area contributed by atoms with Crippen LogP contribution >= 0.6 is 15.9 Å². The first-order valence-electron chi connectivity index (χ1n) is 4.59. The van der Waals surface area contributed by atoms with Crippen molar-refractivity contribution in [2.45, 2.75) is 19.3 Å². The van der Waals surface area contributed by atoms with Crippen LogP contribution in [0.3, 0.4) is 0 Å². The highest BCUT2D eigenvalue weighted by Crippen LogP contribution is 2.35. The molecule has 0 saturated carbocycles. The number of anilines is 1. The molecule has 1 aromatic carbocycles. The second-order valence-corrected chi connectivity index (χ2v) is 5.01. The van der Waals surface area contributed by atoms with Gasteiger partial charge in [0.25, 0.3) is 0 Å². The molecule has 0 unspecified atom stereocenters. The maximum Gasteiger partial charge on any atom is 0.161 e. The highest BCUT2D eigenvalue weighted by Gasteiger charge is 2.34. The van der Waals surface area contributed by atoms with E-state index in [-0.39, 0.29) is 11.2 Å². The van der Waals surface area contributed by atoms with Crippen LogP contribution in [0.25, 0.3) is 0 Å². The molecule has 0 spiro atoms. The zero-order valence-corrected chi connectivity index (χ0v) is 9.81. The van der Waals surface area contributed by atoms with Gasteiger partial charge in [-0.1, -0.05) is 15.9 Å². The number of hydrogen-bond donors (Lipinski definition) is 1. The third kappa shape index (κ3) is 1.36. The zero-order chi connectivity index (χ0) is 10.3. The number of Topliss-reactive ketones (excluding diaryl/α,β-unsaturated/α-hetero) is 1. The molecule has 0 fully saturated rings. The summed E-state index contributed by atoms with van der Waals surface area (Å²) in [5.41, 5.74) is 1.77. The largest absolute Gasteiger partial charge is 0.378 e. The number of nitrogens with one attached hydrogen (secondary N) is 1. The number of carbonyl (C=O) groups is 1. The van der Waals surface area contributed by atoms with E-state index in [4.69, 9.17) is 0 Å². The molecule has 0 radical (unpaired) electrons. The molecule has 0 aliphatic carbocycles. The summed E-state index contributed by atoms with van der Waals surface area (Å²) in [4.78, 5) is 11.7. The minimum absolute atomic E-state index is 0.239. The molecular formula is C11H12BrNO. The first-order chi connectivity index (χ1) is 6.51. The first kappa shape index (κ1) is 9.71. The van der Waals surface area contributed by atoms with Crippen LogP contribution in [0.15, 0.2) is 22.7 Å². The van der Waals surface area contributed by atoms with Crippen molar-refractivity contribution in [3.05, 3.63) is 28.2 Å². The van der Waals surface area contributed by atoms with Gasteiger partial charge in [0.15, 0.2) is 5.78 Å². The Bertz CT molecular complexity index is 398. The summed E-state index contributed by atoms with van der Waals surface area (Å²) < 4.78 is 1.01. The number of benzene rings is 1. The van der Waals surface area contributed by atoms with E-state index in [0.717, 1.165) is 15.7 Å². The van der Waals surface area contributed by atoms with Gasteiger partial charge in [-0.3, -0.25) is 4.79 Å². The first-order valence-corrected chi connectivity index (χ1v) is 5.38. The van der Waals surface area contributed by atoms with E-state index in [1.165, 1.54) is 0 Å². The van der Waals surface area contributed by atoms with Crippen LogP contribution in [0.4, 0.5) is 5.69 Å². The van der Waals surface area contributed by atoms with Crippen molar-refractivity contribution in [2.75, 3.05) is 11.9 Å². The highest BCUT2D eigenvalue weighted by atomic mass is 79.9. The molecule has 3 heteroatoms. The van der Waals surface area contributed by atoms with Crippen molar-refractivity contribution in [1.29, 1.82) is 0 Å². The summed E-state index contributed by atoms with van der Waals surface area (Å²) in [5.74, 6) is 0.239. The van der Waals surface area contributed by atoms with Crippen LogP contribution in [0, 0.1) is 0 Å². The third-order valence-electron chi connectivity index (χ3n) is 2.79. The second kappa shape index (κ2) is 3.09. The van der Waals surface area contributed by atoms with Gasteiger partial charge < -0.3 is 5.32 Å². The van der Waals surface area contributed by atoms with Crippen molar-refractivity contribution in [3.63, 3.8) is 0 Å². The van der Waals surface area contributed by atoms with Gasteiger partial charge in [0.1, 0.15) is 0 Å². The number of ketones is 1. The molecule has 0 amide bonds. The van der Waals surface area contributed by atoms with E-state index >= 15 is 0 Å². The van der Waals surface area contributed by atoms with Gasteiger partial charge >= 0.3 is 0 Å². The highest BCUT2D eigenvalue weighted by molar-refractivity contribution is 9.10. The smallest absolute Gasteiger partial charge is 0.161 e. The number of hydrogen-bond acceptors (Lipinski definition) is 2. The quantitative estimate of drug-likeness (QED) is 0.771. The standard InChI is InChI=1S/C11H12BrNO/c1-11(2)8-5-7(12)3-4-9(8)13-6-10(11)14/h3-5,13H,6H2,1-2H3. The van der Waals surface area contributed by atoms with E-state index in [9.17, 15) is 4.79 Å². The number of halogens is 1. The van der Waals surface area contributed by atoms with Gasteiger partial charge in [-0.05, 0) is 37.6 Å². The van der Waals surface area contributed by atoms with Gasteiger partial charge in [-0.2, -0.15) is 0 Å². The van der Waals surface area contributed by atoms with Gasteiger partial charge in [-0.25, -0.2) is 0 Å². The monoisotopic (exact) mass is 253 g/mol. The molecule has 2 rings (SSSR count). The Kier molecular flexibility index (Phi) is 2.14. The summed E-state index contributed by atoms with van der Waals surface area (Å²) in [6.45, 7) is 4.38. The molecular weight excluding hydrogens is 242 g/mol. The maximum absolute atomic E-state index is 11.7. The van der Waals surface area contributed by atoms with Crippen LogP contribution in [-0.4, -0.2) is 12.3 Å². The van der Waals surface area contributed by atoms with Crippen LogP contribution in [-0.2, 0) is 10.2 Å². The number of rotatable bonds is 0. The van der Waals surface area contributed by atoms with Gasteiger partial charge in [-0.15, -0.1) is 0 Å². The molecule has 0 aromatic heterocycles. The summed E-state index contributed by atoms with van der Waals surface area (Å²) in [6.07, 6.45) is 0. The predicted octanol–water partition coefficient (Wildman–Crippen LogP) is 2.72. The van der Waals surface area contributed by atoms with Crippen LogP contribution in [0.2, 0.25) is 0 Å². The lowest BCUT2D eigenvalue weighted by Crippen LogP contribution is -2.39. The van der Waals surface area contributed by atoms with Gasteiger partial charge in [0, 0.05) is 10.2 Å². The van der Waals surface area contributed by atoms with Gasteiger partial charge in [0.2, 0.25) is 0 Å². The second-order valence-electron chi connectivity index (χ2n) is 4.09. The average Bonchev–Trinajstić information content (AvgIpc) is 2.13. The number of fused-ring (bicyclic) bond motifs is 1. The van der Waals surface area contributed by atoms with Gasteiger partial charge in [0.05, 0.1) is 12.0 Å². The van der Waals surface area contributed by atoms with Crippen molar-refractivity contribution in [2.24, 2.45) is 0 Å². The molecule has 1 N–H and O–H groups in total. The lowest BCUT2D eigenvalue weighted by atomic mass is 9.77. The van der Waals surface area contributed by atoms with E-state index in [0.29, 0.717) is 6.54 Å². The summed E-state index contributed by atoms with van der Waals surface area (Å²) in [5, 5.41) is 3.12. The summed E-state index contributed by atoms with van der Waals surface area (Å²) in [6, 6.07) is 6.00. The van der Waals surface area contributed by atoms with E-state index in [1.54, 1.807) is 0 Å².